The van der Waals surface area contributed by atoms with Gasteiger partial charge >= 0.3 is 0 Å². The predicted molar refractivity (Wildman–Crippen MR) is 52.3 cm³/mol. The summed E-state index contributed by atoms with van der Waals surface area (Å²) in [4.78, 5) is 5.48. The maximum absolute atomic E-state index is 13.3. The van der Waals surface area contributed by atoms with Crippen LogP contribution in [0.5, 0.6) is 0 Å². The van der Waals surface area contributed by atoms with Gasteiger partial charge in [0, 0.05) is 38.3 Å². The van der Waals surface area contributed by atoms with Crippen molar-refractivity contribution in [2.24, 2.45) is 0 Å². The number of aromatic nitrogens is 1. The third-order valence-corrected chi connectivity index (χ3v) is 2.54. The van der Waals surface area contributed by atoms with Crippen LogP contribution in [-0.4, -0.2) is 36.1 Å². The number of pyridine rings is 1. The number of nitrogens with zero attached hydrogens (tertiary/aromatic N) is 2. The molecule has 1 aliphatic heterocycles. The van der Waals surface area contributed by atoms with Gasteiger partial charge in [0.25, 0.3) is 0 Å². The molecule has 1 fully saturated rings. The second-order valence-corrected chi connectivity index (χ2v) is 3.61. The highest BCUT2D eigenvalue weighted by Gasteiger charge is 2.15. The first-order valence-corrected chi connectivity index (χ1v) is 4.98. The topological polar surface area (TPSA) is 28.2 Å². The van der Waals surface area contributed by atoms with E-state index in [0.29, 0.717) is 6.54 Å². The lowest BCUT2D eigenvalue weighted by molar-refractivity contribution is 0.227. The first-order chi connectivity index (χ1) is 7.27. The van der Waals surface area contributed by atoms with Gasteiger partial charge in [-0.15, -0.1) is 0 Å². The van der Waals surface area contributed by atoms with Gasteiger partial charge in [-0.1, -0.05) is 0 Å². The van der Waals surface area contributed by atoms with Crippen LogP contribution >= 0.6 is 0 Å². The summed E-state index contributed by atoms with van der Waals surface area (Å²) in [5.41, 5.74) is 0.118. The summed E-state index contributed by atoms with van der Waals surface area (Å²) in [6.45, 7) is 3.70. The van der Waals surface area contributed by atoms with E-state index in [1.807, 2.05) is 4.90 Å². The molecule has 0 spiro atoms. The van der Waals surface area contributed by atoms with E-state index in [1.165, 1.54) is 0 Å². The fourth-order valence-corrected chi connectivity index (χ4v) is 1.68. The van der Waals surface area contributed by atoms with Crippen LogP contribution in [0.15, 0.2) is 12.4 Å². The van der Waals surface area contributed by atoms with Crippen LogP contribution in [-0.2, 0) is 6.54 Å². The third-order valence-electron chi connectivity index (χ3n) is 2.54. The molecular weight excluding hydrogens is 200 g/mol. The zero-order chi connectivity index (χ0) is 10.7. The number of piperazine rings is 1. The van der Waals surface area contributed by atoms with E-state index >= 15 is 0 Å². The van der Waals surface area contributed by atoms with E-state index in [0.717, 1.165) is 38.6 Å². The van der Waals surface area contributed by atoms with Gasteiger partial charge in [0.1, 0.15) is 11.6 Å². The summed E-state index contributed by atoms with van der Waals surface area (Å²) < 4.78 is 26.5. The zero-order valence-electron chi connectivity index (χ0n) is 8.34. The Kier molecular flexibility index (Phi) is 3.23. The molecule has 1 aliphatic rings. The Morgan fingerprint density at radius 2 is 1.80 bits per heavy atom. The Hall–Kier alpha value is -1.07. The summed E-state index contributed by atoms with van der Waals surface area (Å²) in [7, 11) is 0. The predicted octanol–water partition coefficient (Wildman–Crippen LogP) is 0.765. The molecule has 0 unspecified atom stereocenters. The SMILES string of the molecule is Fc1cncc(F)c1CN1CCNCC1. The molecule has 1 aromatic rings. The number of hydrogen-bond donors (Lipinski definition) is 1. The molecule has 1 N–H and O–H groups in total. The van der Waals surface area contributed by atoms with Crippen LogP contribution in [0, 0.1) is 11.6 Å². The molecular formula is C10H13F2N3. The summed E-state index contributed by atoms with van der Waals surface area (Å²) in [5, 5.41) is 3.19. The average molecular weight is 213 g/mol. The van der Waals surface area contributed by atoms with E-state index in [9.17, 15) is 8.78 Å². The lowest BCUT2D eigenvalue weighted by atomic mass is 10.2. The fraction of sp³-hybridized carbons (Fsp3) is 0.500. The third kappa shape index (κ3) is 2.49. The Morgan fingerprint density at radius 3 is 2.40 bits per heavy atom. The normalized spacial score (nSPS) is 18.0. The molecule has 2 heterocycles. The average Bonchev–Trinajstić information content (AvgIpc) is 2.25. The summed E-state index contributed by atoms with van der Waals surface area (Å²) >= 11 is 0. The molecule has 5 heteroatoms. The van der Waals surface area contributed by atoms with Gasteiger partial charge in [0.15, 0.2) is 0 Å². The summed E-state index contributed by atoms with van der Waals surface area (Å²) in [5.74, 6) is -1.12. The molecule has 82 valence electrons. The van der Waals surface area contributed by atoms with Gasteiger partial charge in [-0.05, 0) is 0 Å². The maximum Gasteiger partial charge on any atom is 0.148 e. The number of hydrogen-bond acceptors (Lipinski definition) is 3. The van der Waals surface area contributed by atoms with Crippen molar-refractivity contribution in [2.45, 2.75) is 6.54 Å². The number of nitrogens with one attached hydrogen (secondary N) is 1. The van der Waals surface area contributed by atoms with E-state index in [2.05, 4.69) is 10.3 Å². The minimum atomic E-state index is -0.562. The maximum atomic E-state index is 13.3. The van der Waals surface area contributed by atoms with Crippen molar-refractivity contribution in [3.63, 3.8) is 0 Å². The first-order valence-electron chi connectivity index (χ1n) is 4.98. The van der Waals surface area contributed by atoms with E-state index in [-0.39, 0.29) is 5.56 Å². The summed E-state index contributed by atoms with van der Waals surface area (Å²) in [6.07, 6.45) is 2.11. The molecule has 0 saturated carbocycles. The summed E-state index contributed by atoms with van der Waals surface area (Å²) in [6, 6.07) is 0. The zero-order valence-corrected chi connectivity index (χ0v) is 8.34. The Bertz CT molecular complexity index is 317. The second-order valence-electron chi connectivity index (χ2n) is 3.61. The van der Waals surface area contributed by atoms with Crippen molar-refractivity contribution in [1.82, 2.24) is 15.2 Å². The monoisotopic (exact) mass is 213 g/mol. The van der Waals surface area contributed by atoms with Crippen molar-refractivity contribution in [1.29, 1.82) is 0 Å². The van der Waals surface area contributed by atoms with Gasteiger partial charge < -0.3 is 5.32 Å². The van der Waals surface area contributed by atoms with E-state index in [4.69, 9.17) is 0 Å². The van der Waals surface area contributed by atoms with Crippen molar-refractivity contribution in [2.75, 3.05) is 26.2 Å². The quantitative estimate of drug-likeness (QED) is 0.786. The highest BCUT2D eigenvalue weighted by Crippen LogP contribution is 2.13. The fourth-order valence-electron chi connectivity index (χ4n) is 1.68. The molecule has 0 aromatic carbocycles. The standard InChI is InChI=1S/C10H13F2N3/c11-9-5-14-6-10(12)8(9)7-15-3-1-13-2-4-15/h5-6,13H,1-4,7H2. The van der Waals surface area contributed by atoms with Gasteiger partial charge in [0.05, 0.1) is 12.4 Å². The highest BCUT2D eigenvalue weighted by atomic mass is 19.1. The molecule has 0 atom stereocenters. The van der Waals surface area contributed by atoms with Crippen LogP contribution in [0.4, 0.5) is 8.78 Å². The van der Waals surface area contributed by atoms with Crippen LogP contribution in [0.2, 0.25) is 0 Å². The van der Waals surface area contributed by atoms with Gasteiger partial charge in [-0.25, -0.2) is 8.78 Å². The van der Waals surface area contributed by atoms with Gasteiger partial charge in [-0.2, -0.15) is 0 Å². The molecule has 1 aromatic heterocycles. The van der Waals surface area contributed by atoms with Crippen LogP contribution in [0.3, 0.4) is 0 Å². The van der Waals surface area contributed by atoms with Gasteiger partial charge in [-0.3, -0.25) is 9.88 Å². The molecule has 0 radical (unpaired) electrons. The number of rotatable bonds is 2. The lowest BCUT2D eigenvalue weighted by Gasteiger charge is -2.27. The molecule has 0 aliphatic carbocycles. The smallest absolute Gasteiger partial charge is 0.148 e. The van der Waals surface area contributed by atoms with Crippen molar-refractivity contribution < 1.29 is 8.78 Å². The van der Waals surface area contributed by atoms with Crippen LogP contribution in [0.1, 0.15) is 5.56 Å². The van der Waals surface area contributed by atoms with Crippen molar-refractivity contribution in [3.05, 3.63) is 29.6 Å². The minimum Gasteiger partial charge on any atom is -0.314 e. The Labute approximate surface area is 87.1 Å². The Morgan fingerprint density at radius 1 is 1.20 bits per heavy atom. The largest absolute Gasteiger partial charge is 0.314 e. The minimum absolute atomic E-state index is 0.118. The number of halogens is 2. The molecule has 0 amide bonds. The first kappa shape index (κ1) is 10.4. The van der Waals surface area contributed by atoms with Crippen molar-refractivity contribution >= 4 is 0 Å². The molecule has 3 nitrogen and oxygen atoms in total. The molecule has 2 rings (SSSR count). The second kappa shape index (κ2) is 4.63. The van der Waals surface area contributed by atoms with E-state index in [1.54, 1.807) is 0 Å². The van der Waals surface area contributed by atoms with Crippen LogP contribution in [0.25, 0.3) is 0 Å². The van der Waals surface area contributed by atoms with Crippen molar-refractivity contribution in [3.8, 4) is 0 Å². The Balaban J connectivity index is 2.09. The van der Waals surface area contributed by atoms with Crippen LogP contribution < -0.4 is 5.32 Å². The van der Waals surface area contributed by atoms with Gasteiger partial charge in [0.2, 0.25) is 0 Å². The highest BCUT2D eigenvalue weighted by molar-refractivity contribution is 5.14. The van der Waals surface area contributed by atoms with E-state index < -0.39 is 11.6 Å². The molecule has 0 bridgehead atoms. The molecule has 15 heavy (non-hydrogen) atoms. The molecule has 1 saturated heterocycles. The lowest BCUT2D eigenvalue weighted by Crippen LogP contribution is -2.43.